The number of rotatable bonds is 18. The van der Waals surface area contributed by atoms with Crippen molar-refractivity contribution in [3.63, 3.8) is 0 Å². The molecule has 1 aromatic carbocycles. The van der Waals surface area contributed by atoms with Gasteiger partial charge in [0.15, 0.2) is 0 Å². The Hall–Kier alpha value is -5.62. The maximum Gasteiger partial charge on any atom is 0.305 e. The first-order chi connectivity index (χ1) is 20.9. The maximum absolute atomic E-state index is 13.2. The summed E-state index contributed by atoms with van der Waals surface area (Å²) in [6.07, 6.45) is -2.89. The van der Waals surface area contributed by atoms with Gasteiger partial charge in [-0.25, -0.2) is 0 Å². The summed E-state index contributed by atoms with van der Waals surface area (Å²) >= 11 is 0. The smallest absolute Gasteiger partial charge is 0.305 e. The molecule has 0 saturated carbocycles. The Balaban J connectivity index is 3.16. The molecular weight excluding hydrogens is 604 g/mol. The predicted octanol–water partition coefficient (Wildman–Crippen LogP) is -1.04. The molecule has 4 atom stereocenters. The van der Waals surface area contributed by atoms with Crippen LogP contribution in [-0.2, 0) is 38.4 Å². The van der Waals surface area contributed by atoms with Crippen LogP contribution in [-0.4, -0.2) is 91.9 Å². The number of aliphatic carboxylic acids is 3. The quantitative estimate of drug-likeness (QED) is 0.0705. The summed E-state index contributed by atoms with van der Waals surface area (Å²) in [7, 11) is 0. The lowest BCUT2D eigenvalue weighted by molar-refractivity contribution is -0.384. The van der Waals surface area contributed by atoms with Gasteiger partial charge in [0, 0.05) is 31.2 Å². The Labute approximate surface area is 255 Å². The molecule has 0 aliphatic rings. The van der Waals surface area contributed by atoms with Crippen LogP contribution in [0.5, 0.6) is 0 Å². The van der Waals surface area contributed by atoms with Crippen molar-refractivity contribution in [1.82, 2.24) is 21.3 Å². The Morgan fingerprint density at radius 1 is 0.711 bits per heavy atom. The van der Waals surface area contributed by atoms with E-state index in [1.54, 1.807) is 0 Å². The van der Waals surface area contributed by atoms with Gasteiger partial charge in [0.25, 0.3) is 5.69 Å². The van der Waals surface area contributed by atoms with Gasteiger partial charge in [-0.15, -0.1) is 0 Å². The molecule has 0 unspecified atom stereocenters. The van der Waals surface area contributed by atoms with E-state index >= 15 is 0 Å². The van der Waals surface area contributed by atoms with Gasteiger partial charge < -0.3 is 41.9 Å². The lowest BCUT2D eigenvalue weighted by Crippen LogP contribution is -2.59. The molecule has 0 aliphatic carbocycles. The number of carboxylic acids is 3. The van der Waals surface area contributed by atoms with Crippen molar-refractivity contribution in [3.05, 3.63) is 34.4 Å². The van der Waals surface area contributed by atoms with Crippen molar-refractivity contribution in [3.8, 4) is 0 Å². The lowest BCUT2D eigenvalue weighted by Gasteiger charge is -2.27. The van der Waals surface area contributed by atoms with Crippen molar-refractivity contribution < 1.29 is 58.6 Å². The van der Waals surface area contributed by atoms with Gasteiger partial charge in [-0.1, -0.05) is 13.8 Å². The zero-order valence-electron chi connectivity index (χ0n) is 24.4. The van der Waals surface area contributed by atoms with Crippen LogP contribution < -0.4 is 26.6 Å². The van der Waals surface area contributed by atoms with Crippen LogP contribution in [0.3, 0.4) is 0 Å². The van der Waals surface area contributed by atoms with Gasteiger partial charge in [0.2, 0.25) is 29.5 Å². The van der Waals surface area contributed by atoms with Crippen LogP contribution in [0.4, 0.5) is 11.4 Å². The molecule has 5 amide bonds. The Morgan fingerprint density at radius 3 is 1.64 bits per heavy atom. The van der Waals surface area contributed by atoms with E-state index in [9.17, 15) is 53.6 Å². The highest BCUT2D eigenvalue weighted by molar-refractivity contribution is 6.01. The third kappa shape index (κ3) is 13.5. The van der Waals surface area contributed by atoms with Crippen LogP contribution in [0.2, 0.25) is 0 Å². The minimum absolute atomic E-state index is 0.0569. The third-order valence-electron chi connectivity index (χ3n) is 5.96. The molecule has 246 valence electrons. The summed E-state index contributed by atoms with van der Waals surface area (Å²) in [6, 6.07) is -1.82. The number of carbonyl (C=O) groups is 8. The first-order valence-corrected chi connectivity index (χ1v) is 13.3. The summed E-state index contributed by atoms with van der Waals surface area (Å²) in [5.41, 5.74) is -0.217. The fourth-order valence-electron chi connectivity index (χ4n) is 3.77. The zero-order chi connectivity index (χ0) is 34.4. The molecule has 45 heavy (non-hydrogen) atoms. The standard InChI is InChI=1S/C26H34N6O13/c1-12(2)22(26(43)30-18(11-21(38)39)24(41)28-14-4-6-15(7-5-14)32(44)45)31-23(40)16(8-9-19(34)35)29-25(42)17(10-20(36)37)27-13(3)33/h4-7,12,16-18,22H,8-11H2,1-3H3,(H,27,33)(H,28,41)(H,29,42)(H,30,43)(H,31,40)(H,34,35)(H,36,37)(H,38,39)/t16-,17-,18-,22-/m1/s1. The summed E-state index contributed by atoms with van der Waals surface area (Å²) < 4.78 is 0. The highest BCUT2D eigenvalue weighted by atomic mass is 16.6. The maximum atomic E-state index is 13.2. The third-order valence-corrected chi connectivity index (χ3v) is 5.96. The average molecular weight is 639 g/mol. The van der Waals surface area contributed by atoms with E-state index in [1.165, 1.54) is 26.0 Å². The number of carbonyl (C=O) groups excluding carboxylic acids is 5. The average Bonchev–Trinajstić information content (AvgIpc) is 2.92. The van der Waals surface area contributed by atoms with Gasteiger partial charge in [-0.3, -0.25) is 48.5 Å². The second-order valence-corrected chi connectivity index (χ2v) is 10.0. The van der Waals surface area contributed by atoms with Gasteiger partial charge >= 0.3 is 17.9 Å². The highest BCUT2D eigenvalue weighted by Crippen LogP contribution is 2.16. The van der Waals surface area contributed by atoms with Crippen molar-refractivity contribution in [2.24, 2.45) is 5.92 Å². The van der Waals surface area contributed by atoms with Crippen LogP contribution in [0.15, 0.2) is 24.3 Å². The van der Waals surface area contributed by atoms with Gasteiger partial charge in [0.1, 0.15) is 24.2 Å². The van der Waals surface area contributed by atoms with Crippen LogP contribution in [0.1, 0.15) is 46.5 Å². The van der Waals surface area contributed by atoms with Gasteiger partial charge in [0.05, 0.1) is 17.8 Å². The SMILES string of the molecule is CC(=O)N[C@H](CC(=O)O)C(=O)N[C@H](CCC(=O)O)C(=O)N[C@@H](C(=O)N[C@H](CC(=O)O)C(=O)Nc1ccc([N+](=O)[O-])cc1)C(C)C. The van der Waals surface area contributed by atoms with E-state index in [1.807, 2.05) is 0 Å². The molecule has 19 nitrogen and oxygen atoms in total. The molecule has 8 N–H and O–H groups in total. The van der Waals surface area contributed by atoms with E-state index in [2.05, 4.69) is 26.6 Å². The Bertz CT molecular complexity index is 1300. The van der Waals surface area contributed by atoms with Crippen molar-refractivity contribution in [2.75, 3.05) is 5.32 Å². The number of non-ortho nitro benzene ring substituents is 1. The first kappa shape index (κ1) is 37.4. The number of nitrogens with one attached hydrogen (secondary N) is 5. The summed E-state index contributed by atoms with van der Waals surface area (Å²) in [4.78, 5) is 107. The topological polar surface area (TPSA) is 301 Å². The molecule has 19 heteroatoms. The molecule has 0 fully saturated rings. The Kier molecular flexibility index (Phi) is 14.5. The number of anilines is 1. The normalized spacial score (nSPS) is 13.2. The molecule has 0 radical (unpaired) electrons. The Morgan fingerprint density at radius 2 is 1.20 bits per heavy atom. The van der Waals surface area contributed by atoms with Gasteiger partial charge in [-0.2, -0.15) is 0 Å². The number of hydrogen-bond acceptors (Lipinski definition) is 10. The second kappa shape index (κ2) is 17.5. The number of amides is 5. The molecule has 1 aromatic rings. The van der Waals surface area contributed by atoms with Gasteiger partial charge in [-0.05, 0) is 24.5 Å². The summed E-state index contributed by atoms with van der Waals surface area (Å²) in [5.74, 6) is -9.94. The molecule has 0 saturated heterocycles. The van der Waals surface area contributed by atoms with Crippen molar-refractivity contribution in [2.45, 2.75) is 70.6 Å². The molecular formula is C26H34N6O13. The molecule has 0 aromatic heterocycles. The van der Waals surface area contributed by atoms with E-state index < -0.39 is 108 Å². The number of nitrogens with zero attached hydrogens (tertiary/aromatic N) is 1. The van der Waals surface area contributed by atoms with Crippen molar-refractivity contribution in [1.29, 1.82) is 0 Å². The van der Waals surface area contributed by atoms with E-state index in [4.69, 9.17) is 10.2 Å². The van der Waals surface area contributed by atoms with Crippen LogP contribution >= 0.6 is 0 Å². The fourth-order valence-corrected chi connectivity index (χ4v) is 3.77. The second-order valence-electron chi connectivity index (χ2n) is 10.0. The number of nitro benzene ring substituents is 1. The molecule has 0 heterocycles. The highest BCUT2D eigenvalue weighted by Gasteiger charge is 2.34. The fraction of sp³-hybridized carbons (Fsp3) is 0.462. The number of benzene rings is 1. The van der Waals surface area contributed by atoms with E-state index in [-0.39, 0.29) is 11.4 Å². The number of nitro groups is 1. The molecule has 0 spiro atoms. The van der Waals surface area contributed by atoms with E-state index in [0.717, 1.165) is 19.1 Å². The molecule has 1 rings (SSSR count). The predicted molar refractivity (Wildman–Crippen MR) is 151 cm³/mol. The lowest BCUT2D eigenvalue weighted by atomic mass is 10.0. The molecule has 0 bridgehead atoms. The summed E-state index contributed by atoms with van der Waals surface area (Å²) in [6.45, 7) is 3.99. The first-order valence-electron chi connectivity index (χ1n) is 13.3. The zero-order valence-corrected chi connectivity index (χ0v) is 24.4. The molecule has 0 aliphatic heterocycles. The van der Waals surface area contributed by atoms with Crippen molar-refractivity contribution >= 4 is 58.8 Å². The number of hydrogen-bond donors (Lipinski definition) is 8. The summed E-state index contributed by atoms with van der Waals surface area (Å²) in [5, 5.41) is 49.5. The number of carboxylic acid groups (broad SMARTS) is 3. The monoisotopic (exact) mass is 638 g/mol. The van der Waals surface area contributed by atoms with Crippen LogP contribution in [0.25, 0.3) is 0 Å². The largest absolute Gasteiger partial charge is 0.481 e. The minimum atomic E-state index is -1.68. The van der Waals surface area contributed by atoms with Crippen LogP contribution in [0, 0.1) is 16.0 Å². The van der Waals surface area contributed by atoms with E-state index in [0.29, 0.717) is 0 Å². The minimum Gasteiger partial charge on any atom is -0.481 e.